The number of benzene rings is 1. The molecule has 1 aliphatic heterocycles. The summed E-state index contributed by atoms with van der Waals surface area (Å²) in [4.78, 5) is 32.8. The van der Waals surface area contributed by atoms with Crippen molar-refractivity contribution in [2.75, 3.05) is 13.6 Å². The van der Waals surface area contributed by atoms with E-state index in [-0.39, 0.29) is 17.9 Å². The van der Waals surface area contributed by atoms with E-state index >= 15 is 0 Å². The maximum absolute atomic E-state index is 14.1. The van der Waals surface area contributed by atoms with E-state index in [9.17, 15) is 9.59 Å². The number of nitrogens with one attached hydrogen (secondary N) is 1. The molecule has 5 rings (SSSR count). The van der Waals surface area contributed by atoms with Crippen molar-refractivity contribution in [2.45, 2.75) is 63.5 Å². The third-order valence-electron chi connectivity index (χ3n) is 8.10. The van der Waals surface area contributed by atoms with Gasteiger partial charge in [0, 0.05) is 24.0 Å². The van der Waals surface area contributed by atoms with Gasteiger partial charge in [0.15, 0.2) is 5.82 Å². The summed E-state index contributed by atoms with van der Waals surface area (Å²) in [5, 5.41) is 8.65. The molecule has 3 unspecified atom stereocenters. The molecule has 8 nitrogen and oxygen atoms in total. The van der Waals surface area contributed by atoms with Crippen LogP contribution in [0.2, 0.25) is 0 Å². The van der Waals surface area contributed by atoms with Crippen molar-refractivity contribution in [3.05, 3.63) is 54.4 Å². The Morgan fingerprint density at radius 1 is 1.11 bits per heavy atom. The van der Waals surface area contributed by atoms with Crippen LogP contribution in [0.15, 0.2) is 48.8 Å². The second-order valence-electron chi connectivity index (χ2n) is 10.2. The van der Waals surface area contributed by atoms with Crippen LogP contribution in [0.25, 0.3) is 16.7 Å². The fourth-order valence-electron chi connectivity index (χ4n) is 6.16. The molecule has 36 heavy (non-hydrogen) atoms. The molecule has 190 valence electrons. The Morgan fingerprint density at radius 2 is 1.92 bits per heavy atom. The maximum atomic E-state index is 14.1. The third kappa shape index (κ3) is 4.87. The minimum atomic E-state index is -0.498. The van der Waals surface area contributed by atoms with Crippen LogP contribution in [0.3, 0.4) is 0 Å². The van der Waals surface area contributed by atoms with Crippen LogP contribution >= 0.6 is 0 Å². The van der Waals surface area contributed by atoms with Crippen LogP contribution < -0.4 is 11.1 Å². The number of carbonyl (C=O) groups is 2. The first-order valence-corrected chi connectivity index (χ1v) is 13.2. The third-order valence-corrected chi connectivity index (χ3v) is 8.10. The summed E-state index contributed by atoms with van der Waals surface area (Å²) in [5.74, 6) is 0.613. The highest BCUT2D eigenvalue weighted by molar-refractivity contribution is 5.84. The summed E-state index contributed by atoms with van der Waals surface area (Å²) < 4.78 is 1.86. The summed E-state index contributed by atoms with van der Waals surface area (Å²) in [5.41, 5.74) is 7.74. The van der Waals surface area contributed by atoms with Crippen molar-refractivity contribution < 1.29 is 9.59 Å². The quantitative estimate of drug-likeness (QED) is 0.502. The molecule has 8 heteroatoms. The normalized spacial score (nSPS) is 20.5. The topological polar surface area (TPSA) is 106 Å². The Morgan fingerprint density at radius 3 is 2.69 bits per heavy atom. The van der Waals surface area contributed by atoms with E-state index in [1.165, 1.54) is 6.42 Å². The first-order chi connectivity index (χ1) is 17.6. The first-order valence-electron chi connectivity index (χ1n) is 13.2. The number of hydrogen-bond donors (Lipinski definition) is 2. The summed E-state index contributed by atoms with van der Waals surface area (Å²) in [6, 6.07) is 11.6. The maximum Gasteiger partial charge on any atom is 0.234 e. The average Bonchev–Trinajstić information content (AvgIpc) is 3.57. The second kappa shape index (κ2) is 10.8. The van der Waals surface area contributed by atoms with Gasteiger partial charge >= 0.3 is 0 Å². The Kier molecular flexibility index (Phi) is 7.32. The summed E-state index contributed by atoms with van der Waals surface area (Å²) >= 11 is 0. The Balaban J connectivity index is 1.42. The molecule has 1 aromatic carbocycles. The molecule has 0 spiro atoms. The van der Waals surface area contributed by atoms with Gasteiger partial charge in [-0.2, -0.15) is 5.10 Å². The number of para-hydroxylation sites is 1. The van der Waals surface area contributed by atoms with Crippen LogP contribution in [0.4, 0.5) is 0 Å². The lowest BCUT2D eigenvalue weighted by atomic mass is 9.76. The standard InChI is InChI=1S/C28H36N6O2/c1-30-23(27(29)35)17-22(19-8-3-2-4-9-19)28(36)33-15-7-12-24(33)20-13-14-31-26(16-20)34-25-11-6-5-10-21(25)18-32-34/h5-6,10-11,13-14,16,18-19,22-24,30H,2-4,7-9,12,15,17H2,1H3,(H2,29,35). The van der Waals surface area contributed by atoms with E-state index in [1.54, 1.807) is 7.05 Å². The van der Waals surface area contributed by atoms with Gasteiger partial charge in [-0.3, -0.25) is 9.59 Å². The summed E-state index contributed by atoms with van der Waals surface area (Å²) in [7, 11) is 1.74. The summed E-state index contributed by atoms with van der Waals surface area (Å²) in [6.45, 7) is 0.732. The fourth-order valence-corrected chi connectivity index (χ4v) is 6.16. The van der Waals surface area contributed by atoms with Gasteiger partial charge in [0.25, 0.3) is 0 Å². The smallest absolute Gasteiger partial charge is 0.234 e. The van der Waals surface area contributed by atoms with Gasteiger partial charge in [-0.1, -0.05) is 37.5 Å². The van der Waals surface area contributed by atoms with Crippen molar-refractivity contribution in [2.24, 2.45) is 17.6 Å². The van der Waals surface area contributed by atoms with Crippen LogP contribution in [0, 0.1) is 11.8 Å². The number of nitrogens with zero attached hydrogens (tertiary/aromatic N) is 4. The molecule has 2 aliphatic rings. The largest absolute Gasteiger partial charge is 0.368 e. The molecule has 0 radical (unpaired) electrons. The molecule has 1 aliphatic carbocycles. The van der Waals surface area contributed by atoms with Gasteiger partial charge in [-0.05, 0) is 68.8 Å². The zero-order valence-corrected chi connectivity index (χ0v) is 21.0. The van der Waals surface area contributed by atoms with Gasteiger partial charge in [0.1, 0.15) is 0 Å². The molecule has 2 amide bonds. The Bertz CT molecular complexity index is 1220. The van der Waals surface area contributed by atoms with Crippen molar-refractivity contribution >= 4 is 22.7 Å². The predicted molar refractivity (Wildman–Crippen MR) is 139 cm³/mol. The lowest BCUT2D eigenvalue weighted by Crippen LogP contribution is -2.46. The molecule has 3 N–H and O–H groups in total. The molecule has 2 aromatic heterocycles. The molecular formula is C28H36N6O2. The van der Waals surface area contributed by atoms with E-state index in [2.05, 4.69) is 21.5 Å². The van der Waals surface area contributed by atoms with Gasteiger partial charge in [0.05, 0.1) is 23.8 Å². The highest BCUT2D eigenvalue weighted by Crippen LogP contribution is 2.39. The molecule has 2 fully saturated rings. The molecule has 1 saturated carbocycles. The molecule has 3 aromatic rings. The number of carbonyl (C=O) groups excluding carboxylic acids is 2. The van der Waals surface area contributed by atoms with Crippen LogP contribution in [0.1, 0.15) is 63.0 Å². The van der Waals surface area contributed by atoms with E-state index in [4.69, 9.17) is 5.73 Å². The van der Waals surface area contributed by atoms with Crippen LogP contribution in [0.5, 0.6) is 0 Å². The predicted octanol–water partition coefficient (Wildman–Crippen LogP) is 3.74. The lowest BCUT2D eigenvalue weighted by Gasteiger charge is -2.36. The Labute approximate surface area is 212 Å². The van der Waals surface area contributed by atoms with Gasteiger partial charge < -0.3 is 16.0 Å². The van der Waals surface area contributed by atoms with Crippen molar-refractivity contribution in [3.63, 3.8) is 0 Å². The lowest BCUT2D eigenvalue weighted by molar-refractivity contribution is -0.139. The highest BCUT2D eigenvalue weighted by atomic mass is 16.2. The molecule has 3 atom stereocenters. The zero-order chi connectivity index (χ0) is 25.1. The second-order valence-corrected chi connectivity index (χ2v) is 10.2. The Hall–Kier alpha value is -3.26. The number of likely N-dealkylation sites (tertiary alicyclic amines) is 1. The van der Waals surface area contributed by atoms with Crippen LogP contribution in [-0.4, -0.2) is 51.1 Å². The number of nitrogens with two attached hydrogens (primary N) is 1. The minimum absolute atomic E-state index is 0.00576. The average molecular weight is 489 g/mol. The fraction of sp³-hybridized carbons (Fsp3) is 0.500. The molecule has 3 heterocycles. The molecular weight excluding hydrogens is 452 g/mol. The number of amides is 2. The number of fused-ring (bicyclic) bond motifs is 1. The van der Waals surface area contributed by atoms with Crippen molar-refractivity contribution in [1.82, 2.24) is 25.0 Å². The number of likely N-dealkylation sites (N-methyl/N-ethyl adjacent to an activating group) is 1. The highest BCUT2D eigenvalue weighted by Gasteiger charge is 2.39. The van der Waals surface area contributed by atoms with E-state index in [1.807, 2.05) is 52.3 Å². The zero-order valence-electron chi connectivity index (χ0n) is 21.0. The van der Waals surface area contributed by atoms with E-state index in [0.717, 1.165) is 67.4 Å². The van der Waals surface area contributed by atoms with Gasteiger partial charge in [-0.15, -0.1) is 0 Å². The number of pyridine rings is 1. The first kappa shape index (κ1) is 24.4. The summed E-state index contributed by atoms with van der Waals surface area (Å²) in [6.07, 6.45) is 11.6. The van der Waals surface area contributed by atoms with Gasteiger partial charge in [0.2, 0.25) is 11.8 Å². The minimum Gasteiger partial charge on any atom is -0.368 e. The SMILES string of the molecule is CNC(CC(C(=O)N1CCCC1c1ccnc(-n2ncc3ccccc32)c1)C1CCCCC1)C(N)=O. The number of rotatable bonds is 8. The van der Waals surface area contributed by atoms with E-state index < -0.39 is 11.9 Å². The number of primary amides is 1. The van der Waals surface area contributed by atoms with Gasteiger partial charge in [-0.25, -0.2) is 9.67 Å². The molecule has 1 saturated heterocycles. The van der Waals surface area contributed by atoms with Crippen molar-refractivity contribution in [3.8, 4) is 5.82 Å². The molecule has 0 bridgehead atoms. The van der Waals surface area contributed by atoms with E-state index in [0.29, 0.717) is 12.3 Å². The van der Waals surface area contributed by atoms with Crippen molar-refractivity contribution in [1.29, 1.82) is 0 Å². The number of aromatic nitrogens is 3. The van der Waals surface area contributed by atoms with Crippen LogP contribution in [-0.2, 0) is 9.59 Å². The number of hydrogen-bond acceptors (Lipinski definition) is 5. The monoisotopic (exact) mass is 488 g/mol.